The van der Waals surface area contributed by atoms with E-state index in [-0.39, 0.29) is 5.78 Å². The molecule has 1 rings (SSSR count). The lowest BCUT2D eigenvalue weighted by Gasteiger charge is -2.19. The molecule has 96 valence electrons. The molecule has 1 atom stereocenters. The van der Waals surface area contributed by atoms with Crippen LogP contribution < -0.4 is 0 Å². The Bertz CT molecular complexity index is 382. The van der Waals surface area contributed by atoms with Crippen molar-refractivity contribution in [2.45, 2.75) is 34.1 Å². The van der Waals surface area contributed by atoms with Gasteiger partial charge >= 0.3 is 0 Å². The number of H-pyrrole nitrogens is 1. The Balaban J connectivity index is 2.57. The Morgan fingerprint density at radius 1 is 1.47 bits per heavy atom. The third-order valence-corrected chi connectivity index (χ3v) is 3.18. The number of aromatic amines is 1. The molecule has 17 heavy (non-hydrogen) atoms. The molecule has 1 unspecified atom stereocenters. The number of aromatic nitrogens is 1. The summed E-state index contributed by atoms with van der Waals surface area (Å²) in [5.41, 5.74) is 2.86. The van der Waals surface area contributed by atoms with E-state index >= 15 is 0 Å². The Kier molecular flexibility index (Phi) is 4.94. The standard InChI is InChI=1S/C14H24N2O/c1-6-10(2)8-16(5)9-14(17)13-7-11(3)15-12(13)4/h7,10,15H,6,8-9H2,1-5H3. The average molecular weight is 236 g/mol. The number of ketones is 1. The number of Topliss-reactive ketones (excluding diaryl/α,β-unsaturated/α-hetero) is 1. The Morgan fingerprint density at radius 2 is 2.12 bits per heavy atom. The van der Waals surface area contributed by atoms with Crippen LogP contribution in [0.4, 0.5) is 0 Å². The van der Waals surface area contributed by atoms with E-state index in [1.165, 1.54) is 0 Å². The van der Waals surface area contributed by atoms with E-state index in [1.54, 1.807) is 0 Å². The van der Waals surface area contributed by atoms with E-state index in [4.69, 9.17) is 0 Å². The predicted molar refractivity (Wildman–Crippen MR) is 71.5 cm³/mol. The van der Waals surface area contributed by atoms with Gasteiger partial charge in [-0.2, -0.15) is 0 Å². The minimum atomic E-state index is 0.206. The van der Waals surface area contributed by atoms with Crippen molar-refractivity contribution in [3.8, 4) is 0 Å². The third kappa shape index (κ3) is 4.00. The summed E-state index contributed by atoms with van der Waals surface area (Å²) in [4.78, 5) is 17.4. The molecule has 0 fully saturated rings. The molecule has 0 amide bonds. The molecule has 0 bridgehead atoms. The topological polar surface area (TPSA) is 36.1 Å². The molecule has 1 heterocycles. The molecule has 0 saturated heterocycles. The lowest BCUT2D eigenvalue weighted by molar-refractivity contribution is 0.0938. The predicted octanol–water partition coefficient (Wildman–Crippen LogP) is 2.79. The van der Waals surface area contributed by atoms with Crippen LogP contribution in [0.3, 0.4) is 0 Å². The summed E-state index contributed by atoms with van der Waals surface area (Å²) in [6.07, 6.45) is 1.15. The second kappa shape index (κ2) is 6.01. The largest absolute Gasteiger partial charge is 0.362 e. The zero-order chi connectivity index (χ0) is 13.0. The molecule has 1 aromatic heterocycles. The van der Waals surface area contributed by atoms with E-state index in [0.29, 0.717) is 12.5 Å². The van der Waals surface area contributed by atoms with Crippen LogP contribution in [0.5, 0.6) is 0 Å². The second-order valence-electron chi connectivity index (χ2n) is 5.12. The highest BCUT2D eigenvalue weighted by Gasteiger charge is 2.14. The van der Waals surface area contributed by atoms with Crippen LogP contribution in [0.15, 0.2) is 6.07 Å². The second-order valence-corrected chi connectivity index (χ2v) is 5.12. The number of nitrogens with zero attached hydrogens (tertiary/aromatic N) is 1. The van der Waals surface area contributed by atoms with Crippen molar-refractivity contribution in [1.82, 2.24) is 9.88 Å². The summed E-state index contributed by atoms with van der Waals surface area (Å²) < 4.78 is 0. The maximum Gasteiger partial charge on any atom is 0.178 e. The molecule has 1 aromatic rings. The Labute approximate surface area is 104 Å². The number of nitrogens with one attached hydrogen (secondary N) is 1. The van der Waals surface area contributed by atoms with Gasteiger partial charge in [-0.25, -0.2) is 0 Å². The van der Waals surface area contributed by atoms with Gasteiger partial charge in [0.25, 0.3) is 0 Å². The minimum absolute atomic E-state index is 0.206. The number of likely N-dealkylation sites (N-methyl/N-ethyl adjacent to an activating group) is 1. The first-order valence-electron chi connectivity index (χ1n) is 6.32. The van der Waals surface area contributed by atoms with Crippen LogP contribution in [0.25, 0.3) is 0 Å². The van der Waals surface area contributed by atoms with Gasteiger partial charge < -0.3 is 4.98 Å². The van der Waals surface area contributed by atoms with Gasteiger partial charge in [-0.15, -0.1) is 0 Å². The molecular weight excluding hydrogens is 212 g/mol. The third-order valence-electron chi connectivity index (χ3n) is 3.18. The highest BCUT2D eigenvalue weighted by Crippen LogP contribution is 2.11. The van der Waals surface area contributed by atoms with Crippen LogP contribution in [0.2, 0.25) is 0 Å². The molecule has 0 saturated carbocycles. The first kappa shape index (κ1) is 14.0. The fraction of sp³-hybridized carbons (Fsp3) is 0.643. The minimum Gasteiger partial charge on any atom is -0.362 e. The van der Waals surface area contributed by atoms with E-state index in [0.717, 1.165) is 29.9 Å². The van der Waals surface area contributed by atoms with Gasteiger partial charge in [-0.05, 0) is 32.9 Å². The van der Waals surface area contributed by atoms with Crippen molar-refractivity contribution in [1.29, 1.82) is 0 Å². The van der Waals surface area contributed by atoms with Crippen molar-refractivity contribution >= 4 is 5.78 Å². The number of rotatable bonds is 6. The molecular formula is C14H24N2O. The van der Waals surface area contributed by atoms with Gasteiger partial charge in [0, 0.05) is 23.5 Å². The molecule has 0 aromatic carbocycles. The monoisotopic (exact) mass is 236 g/mol. The lowest BCUT2D eigenvalue weighted by Crippen LogP contribution is -2.30. The van der Waals surface area contributed by atoms with Crippen LogP contribution in [0, 0.1) is 19.8 Å². The van der Waals surface area contributed by atoms with Crippen molar-refractivity contribution in [2.24, 2.45) is 5.92 Å². The van der Waals surface area contributed by atoms with Crippen LogP contribution in [-0.4, -0.2) is 35.8 Å². The smallest absolute Gasteiger partial charge is 0.178 e. The molecule has 0 aliphatic rings. The van der Waals surface area contributed by atoms with Gasteiger partial charge in [-0.3, -0.25) is 9.69 Å². The number of carbonyl (C=O) groups is 1. The van der Waals surface area contributed by atoms with Crippen LogP contribution in [0.1, 0.15) is 42.0 Å². The fourth-order valence-corrected chi connectivity index (χ4v) is 2.07. The zero-order valence-corrected chi connectivity index (χ0v) is 11.6. The molecule has 0 spiro atoms. The van der Waals surface area contributed by atoms with E-state index in [2.05, 4.69) is 23.7 Å². The summed E-state index contributed by atoms with van der Waals surface area (Å²) >= 11 is 0. The molecule has 1 N–H and O–H groups in total. The maximum absolute atomic E-state index is 12.1. The summed E-state index contributed by atoms with van der Waals surface area (Å²) in [6, 6.07) is 1.94. The summed E-state index contributed by atoms with van der Waals surface area (Å²) in [5, 5.41) is 0. The van der Waals surface area contributed by atoms with Gasteiger partial charge in [0.05, 0.1) is 6.54 Å². The number of aryl methyl sites for hydroxylation is 2. The quantitative estimate of drug-likeness (QED) is 0.771. The summed E-state index contributed by atoms with van der Waals surface area (Å²) in [5.74, 6) is 0.847. The molecule has 3 nitrogen and oxygen atoms in total. The van der Waals surface area contributed by atoms with Crippen LogP contribution >= 0.6 is 0 Å². The van der Waals surface area contributed by atoms with Gasteiger partial charge in [0.15, 0.2) is 5.78 Å². The van der Waals surface area contributed by atoms with E-state index < -0.39 is 0 Å². The van der Waals surface area contributed by atoms with Crippen molar-refractivity contribution in [3.63, 3.8) is 0 Å². The summed E-state index contributed by atoms with van der Waals surface area (Å²) in [6.45, 7) is 9.81. The number of hydrogen-bond acceptors (Lipinski definition) is 2. The zero-order valence-electron chi connectivity index (χ0n) is 11.6. The van der Waals surface area contributed by atoms with Gasteiger partial charge in [0.2, 0.25) is 0 Å². The van der Waals surface area contributed by atoms with Crippen molar-refractivity contribution < 1.29 is 4.79 Å². The lowest BCUT2D eigenvalue weighted by atomic mass is 10.1. The first-order valence-corrected chi connectivity index (χ1v) is 6.32. The normalized spacial score (nSPS) is 13.1. The Hall–Kier alpha value is -1.09. The van der Waals surface area contributed by atoms with Crippen molar-refractivity contribution in [3.05, 3.63) is 23.0 Å². The van der Waals surface area contributed by atoms with Gasteiger partial charge in [-0.1, -0.05) is 20.3 Å². The molecule has 0 radical (unpaired) electrons. The average Bonchev–Trinajstić information content (AvgIpc) is 2.57. The van der Waals surface area contributed by atoms with E-state index in [1.807, 2.05) is 27.0 Å². The molecule has 3 heteroatoms. The fourth-order valence-electron chi connectivity index (χ4n) is 2.07. The highest BCUT2D eigenvalue weighted by atomic mass is 16.1. The van der Waals surface area contributed by atoms with E-state index in [9.17, 15) is 4.79 Å². The Morgan fingerprint density at radius 3 is 2.59 bits per heavy atom. The maximum atomic E-state index is 12.1. The molecule has 0 aliphatic heterocycles. The first-order chi connectivity index (χ1) is 7.93. The highest BCUT2D eigenvalue weighted by molar-refractivity contribution is 5.98. The van der Waals surface area contributed by atoms with Crippen molar-refractivity contribution in [2.75, 3.05) is 20.1 Å². The van der Waals surface area contributed by atoms with Gasteiger partial charge in [0.1, 0.15) is 0 Å². The number of carbonyl (C=O) groups excluding carboxylic acids is 1. The SMILES string of the molecule is CCC(C)CN(C)CC(=O)c1cc(C)[nH]c1C. The van der Waals surface area contributed by atoms with Crippen LogP contribution in [-0.2, 0) is 0 Å². The molecule has 0 aliphatic carbocycles. The summed E-state index contributed by atoms with van der Waals surface area (Å²) in [7, 11) is 2.01. The number of hydrogen-bond donors (Lipinski definition) is 1.